The monoisotopic (exact) mass is 378 g/mol. The van der Waals surface area contributed by atoms with Gasteiger partial charge in [0.2, 0.25) is 0 Å². The summed E-state index contributed by atoms with van der Waals surface area (Å²) in [5.41, 5.74) is 3.81. The molecule has 2 aromatic rings. The molecule has 1 aliphatic rings. The molecule has 3 heterocycles. The van der Waals surface area contributed by atoms with Crippen LogP contribution in [0.5, 0.6) is 0 Å². The zero-order chi connectivity index (χ0) is 19.0. The minimum Gasteiger partial charge on any atom is -0.269 e. The van der Waals surface area contributed by atoms with E-state index in [9.17, 15) is 4.39 Å². The molecule has 1 aliphatic heterocycles. The molecule has 2 aromatic heterocycles. The van der Waals surface area contributed by atoms with Gasteiger partial charge in [0.05, 0.1) is 11.4 Å². The molecule has 0 spiro atoms. The predicted octanol–water partition coefficient (Wildman–Crippen LogP) is 5.48. The van der Waals surface area contributed by atoms with E-state index in [2.05, 4.69) is 36.6 Å². The maximum absolute atomic E-state index is 14.2. The van der Waals surface area contributed by atoms with E-state index in [-0.39, 0.29) is 11.7 Å². The van der Waals surface area contributed by atoms with Gasteiger partial charge >= 0.3 is 0 Å². The Bertz CT molecular complexity index is 762. The van der Waals surface area contributed by atoms with Gasteiger partial charge in [0.1, 0.15) is 5.69 Å². The summed E-state index contributed by atoms with van der Waals surface area (Å²) in [5, 5.41) is 9.20. The Labute approximate surface area is 160 Å². The lowest BCUT2D eigenvalue weighted by molar-refractivity contribution is 0.445. The molecule has 144 valence electrons. The lowest BCUT2D eigenvalue weighted by Gasteiger charge is -2.18. The smallest absolute Gasteiger partial charge is 0.168 e. The molecule has 26 heavy (non-hydrogen) atoms. The van der Waals surface area contributed by atoms with E-state index < -0.39 is 0 Å². The van der Waals surface area contributed by atoms with Gasteiger partial charge in [-0.2, -0.15) is 10.2 Å². The molecular formula is C20H31FN4S. The third-order valence-electron chi connectivity index (χ3n) is 5.50. The van der Waals surface area contributed by atoms with Crippen molar-refractivity contribution < 1.29 is 4.39 Å². The van der Waals surface area contributed by atoms with Crippen molar-refractivity contribution in [3.05, 3.63) is 34.7 Å². The summed E-state index contributed by atoms with van der Waals surface area (Å²) in [6.45, 7) is 13.5. The molecule has 0 aliphatic carbocycles. The molecule has 0 radical (unpaired) electrons. The molecule has 2 atom stereocenters. The molecule has 0 saturated carbocycles. The third-order valence-corrected chi connectivity index (χ3v) is 6.52. The van der Waals surface area contributed by atoms with Crippen LogP contribution in [-0.4, -0.2) is 24.7 Å². The topological polar surface area (TPSA) is 35.6 Å². The first-order chi connectivity index (χ1) is 12.3. The highest BCUT2D eigenvalue weighted by molar-refractivity contribution is 7.97. The first-order valence-electron chi connectivity index (χ1n) is 9.75. The Hall–Kier alpha value is -1.30. The first-order valence-corrected chi connectivity index (χ1v) is 10.7. The van der Waals surface area contributed by atoms with Gasteiger partial charge in [-0.05, 0) is 49.6 Å². The van der Waals surface area contributed by atoms with Crippen LogP contribution in [0.25, 0.3) is 0 Å². The predicted molar refractivity (Wildman–Crippen MR) is 106 cm³/mol. The second-order valence-electron chi connectivity index (χ2n) is 8.18. The number of rotatable bonds is 7. The molecule has 6 heteroatoms. The van der Waals surface area contributed by atoms with Crippen LogP contribution in [0, 0.1) is 18.7 Å². The molecule has 0 fully saturated rings. The quantitative estimate of drug-likeness (QED) is 0.639. The normalized spacial score (nSPS) is 18.1. The Morgan fingerprint density at radius 1 is 1.19 bits per heavy atom. The average molecular weight is 379 g/mol. The van der Waals surface area contributed by atoms with Crippen LogP contribution in [0.15, 0.2) is 6.07 Å². The Morgan fingerprint density at radius 3 is 2.54 bits per heavy atom. The maximum atomic E-state index is 14.2. The Balaban J connectivity index is 1.59. The van der Waals surface area contributed by atoms with Crippen molar-refractivity contribution in [2.45, 2.75) is 78.7 Å². The Morgan fingerprint density at radius 2 is 1.92 bits per heavy atom. The van der Waals surface area contributed by atoms with Crippen molar-refractivity contribution in [3.8, 4) is 0 Å². The van der Waals surface area contributed by atoms with Crippen molar-refractivity contribution in [1.29, 1.82) is 0 Å². The number of aryl methyl sites for hydroxylation is 1. The van der Waals surface area contributed by atoms with Crippen molar-refractivity contribution in [3.63, 3.8) is 0 Å². The molecule has 0 amide bonds. The van der Waals surface area contributed by atoms with Gasteiger partial charge in [0.25, 0.3) is 0 Å². The van der Waals surface area contributed by atoms with E-state index >= 15 is 0 Å². The summed E-state index contributed by atoms with van der Waals surface area (Å²) >= 11 is 1.62. The van der Waals surface area contributed by atoms with Gasteiger partial charge in [0, 0.05) is 29.8 Å². The van der Waals surface area contributed by atoms with Gasteiger partial charge in [0.15, 0.2) is 5.82 Å². The number of hydrogen-bond acceptors (Lipinski definition) is 3. The van der Waals surface area contributed by atoms with Crippen molar-refractivity contribution in [2.75, 3.05) is 5.75 Å². The van der Waals surface area contributed by atoms with Crippen LogP contribution in [-0.2, 0) is 6.54 Å². The minimum atomic E-state index is -0.151. The fourth-order valence-corrected chi connectivity index (χ4v) is 4.77. The van der Waals surface area contributed by atoms with Crippen LogP contribution in [0.2, 0.25) is 0 Å². The highest BCUT2D eigenvalue weighted by atomic mass is 32.2. The molecular weight excluding hydrogens is 347 g/mol. The number of fused-ring (bicyclic) bond motifs is 1. The average Bonchev–Trinajstić information content (AvgIpc) is 3.23. The van der Waals surface area contributed by atoms with E-state index in [1.54, 1.807) is 16.0 Å². The van der Waals surface area contributed by atoms with Gasteiger partial charge in [-0.3, -0.25) is 4.68 Å². The van der Waals surface area contributed by atoms with Gasteiger partial charge < -0.3 is 0 Å². The molecule has 0 saturated heterocycles. The summed E-state index contributed by atoms with van der Waals surface area (Å²) in [4.78, 5) is 0. The maximum Gasteiger partial charge on any atom is 0.168 e. The van der Waals surface area contributed by atoms with Crippen LogP contribution >= 0.6 is 11.9 Å². The minimum absolute atomic E-state index is 0.114. The van der Waals surface area contributed by atoms with Gasteiger partial charge in [-0.25, -0.2) is 8.48 Å². The SMILES string of the molecule is Cc1c(F)c(C(C)C)nn1SCCC(C)C1CCn2nc(C(C)C)cc21. The molecule has 0 bridgehead atoms. The zero-order valence-corrected chi connectivity index (χ0v) is 17.6. The number of nitrogens with zero attached hydrogens (tertiary/aromatic N) is 4. The fraction of sp³-hybridized carbons (Fsp3) is 0.700. The summed E-state index contributed by atoms with van der Waals surface area (Å²) in [7, 11) is 0. The largest absolute Gasteiger partial charge is 0.269 e. The van der Waals surface area contributed by atoms with E-state index in [1.807, 2.05) is 20.8 Å². The fourth-order valence-electron chi connectivity index (χ4n) is 3.70. The number of hydrogen-bond donors (Lipinski definition) is 0. The molecule has 3 rings (SSSR count). The second kappa shape index (κ2) is 7.75. The summed E-state index contributed by atoms with van der Waals surface area (Å²) < 4.78 is 18.2. The molecule has 0 aromatic carbocycles. The van der Waals surface area contributed by atoms with E-state index in [4.69, 9.17) is 5.10 Å². The first kappa shape index (κ1) is 19.5. The van der Waals surface area contributed by atoms with E-state index in [1.165, 1.54) is 17.8 Å². The Kier molecular flexibility index (Phi) is 5.80. The number of halogens is 1. The molecule has 2 unspecified atom stereocenters. The summed E-state index contributed by atoms with van der Waals surface area (Å²) in [5.74, 6) is 2.56. The standard InChI is InChI=1S/C20H31FN4S/c1-12(2)17-11-18-16(7-9-24(18)22-17)14(5)8-10-26-25-15(6)19(21)20(23-25)13(3)4/h11-14,16H,7-10H2,1-6H3. The molecule has 0 N–H and O–H groups in total. The van der Waals surface area contributed by atoms with E-state index in [0.717, 1.165) is 18.7 Å². The highest BCUT2D eigenvalue weighted by Crippen LogP contribution is 2.37. The van der Waals surface area contributed by atoms with Crippen LogP contribution < -0.4 is 0 Å². The van der Waals surface area contributed by atoms with E-state index in [0.29, 0.717) is 29.1 Å². The third kappa shape index (κ3) is 3.71. The summed E-state index contributed by atoms with van der Waals surface area (Å²) in [6, 6.07) is 2.30. The zero-order valence-electron chi connectivity index (χ0n) is 16.8. The van der Waals surface area contributed by atoms with Crippen LogP contribution in [0.3, 0.4) is 0 Å². The van der Waals surface area contributed by atoms with Crippen molar-refractivity contribution in [2.24, 2.45) is 5.92 Å². The lowest BCUT2D eigenvalue weighted by atomic mass is 9.88. The van der Waals surface area contributed by atoms with Gasteiger partial charge in [-0.15, -0.1) is 0 Å². The van der Waals surface area contributed by atoms with Crippen LogP contribution in [0.1, 0.15) is 88.0 Å². The van der Waals surface area contributed by atoms with Crippen molar-refractivity contribution >= 4 is 11.9 Å². The summed E-state index contributed by atoms with van der Waals surface area (Å²) in [6.07, 6.45) is 2.27. The lowest BCUT2D eigenvalue weighted by Crippen LogP contribution is -2.09. The molecule has 4 nitrogen and oxygen atoms in total. The van der Waals surface area contributed by atoms with Crippen LogP contribution in [0.4, 0.5) is 4.39 Å². The second-order valence-corrected chi connectivity index (χ2v) is 9.19. The van der Waals surface area contributed by atoms with Crippen molar-refractivity contribution in [1.82, 2.24) is 19.0 Å². The van der Waals surface area contributed by atoms with Gasteiger partial charge in [-0.1, -0.05) is 34.6 Å². The highest BCUT2D eigenvalue weighted by Gasteiger charge is 2.29. The number of aromatic nitrogens is 4.